The number of fused-ring (bicyclic) bond motifs is 1. The molecule has 0 aliphatic heterocycles. The average molecular weight is 519 g/mol. The Morgan fingerprint density at radius 3 is 2.39 bits per heavy atom. The van der Waals surface area contributed by atoms with E-state index in [0.29, 0.717) is 30.2 Å². The fraction of sp³-hybridized carbons (Fsp3) is 0.467. The molecule has 1 atom stereocenters. The molecule has 2 aromatic carbocycles. The number of aryl methyl sites for hydroxylation is 1. The maximum absolute atomic E-state index is 13.4. The van der Waals surface area contributed by atoms with Gasteiger partial charge in [-0.2, -0.15) is 0 Å². The quantitative estimate of drug-likeness (QED) is 0.358. The summed E-state index contributed by atoms with van der Waals surface area (Å²) >= 11 is 0. The first-order valence-corrected chi connectivity index (χ1v) is 13.8. The molecule has 1 fully saturated rings. The second-order valence-corrected chi connectivity index (χ2v) is 10.3. The number of carbonyl (C=O) groups excluding carboxylic acids is 2. The zero-order valence-electron chi connectivity index (χ0n) is 22.2. The molecule has 0 unspecified atom stereocenters. The SMILES string of the molecule is C[C@@H](CCc1ccccc1)NC(=O)Cn1c(=O)n(CCCCC(=O)NC2CCCC2)c(=O)c2ccccc21. The Morgan fingerprint density at radius 2 is 1.63 bits per heavy atom. The molecule has 3 aromatic rings. The second kappa shape index (κ2) is 13.2. The van der Waals surface area contributed by atoms with E-state index in [-0.39, 0.29) is 42.5 Å². The van der Waals surface area contributed by atoms with Crippen LogP contribution in [-0.4, -0.2) is 33.0 Å². The standard InChI is InChI=1S/C30H38N4O4/c1-22(18-19-23-11-3-2-4-12-23)31-28(36)21-34-26-16-8-7-15-25(26)29(37)33(30(34)38)20-10-9-17-27(35)32-24-13-5-6-14-24/h2-4,7-8,11-12,15-16,22,24H,5-6,9-10,13-14,17-21H2,1H3,(H,31,36)(H,32,35)/t22-/m0/s1. The number of benzene rings is 2. The van der Waals surface area contributed by atoms with Gasteiger partial charge in [-0.3, -0.25) is 23.5 Å². The Labute approximate surface area is 223 Å². The number of nitrogens with zero attached hydrogens (tertiary/aromatic N) is 2. The molecule has 1 aliphatic rings. The highest BCUT2D eigenvalue weighted by Crippen LogP contribution is 2.17. The van der Waals surface area contributed by atoms with Gasteiger partial charge in [0.05, 0.1) is 10.9 Å². The Bertz CT molecular complexity index is 1360. The molecule has 2 N–H and O–H groups in total. The van der Waals surface area contributed by atoms with Gasteiger partial charge in [0.1, 0.15) is 6.54 Å². The van der Waals surface area contributed by atoms with Gasteiger partial charge in [0.15, 0.2) is 0 Å². The van der Waals surface area contributed by atoms with Crippen molar-refractivity contribution < 1.29 is 9.59 Å². The number of hydrogen-bond acceptors (Lipinski definition) is 4. The van der Waals surface area contributed by atoms with Crippen LogP contribution in [0.3, 0.4) is 0 Å². The van der Waals surface area contributed by atoms with Crippen LogP contribution in [0.2, 0.25) is 0 Å². The summed E-state index contributed by atoms with van der Waals surface area (Å²) in [6, 6.07) is 17.2. The third-order valence-electron chi connectivity index (χ3n) is 7.31. The molecule has 202 valence electrons. The molecule has 8 nitrogen and oxygen atoms in total. The molecule has 0 spiro atoms. The van der Waals surface area contributed by atoms with Crippen LogP contribution in [0.25, 0.3) is 10.9 Å². The Hall–Kier alpha value is -3.68. The van der Waals surface area contributed by atoms with Crippen molar-refractivity contribution in [2.24, 2.45) is 0 Å². The maximum Gasteiger partial charge on any atom is 0.331 e. The van der Waals surface area contributed by atoms with Gasteiger partial charge in [0.2, 0.25) is 11.8 Å². The minimum Gasteiger partial charge on any atom is -0.353 e. The van der Waals surface area contributed by atoms with E-state index in [1.54, 1.807) is 24.3 Å². The summed E-state index contributed by atoms with van der Waals surface area (Å²) in [5.41, 5.74) is 0.783. The monoisotopic (exact) mass is 518 g/mol. The summed E-state index contributed by atoms with van der Waals surface area (Å²) in [4.78, 5) is 51.6. The minimum atomic E-state index is -0.504. The molecule has 2 amide bonds. The Kier molecular flexibility index (Phi) is 9.51. The number of nitrogens with one attached hydrogen (secondary N) is 2. The van der Waals surface area contributed by atoms with Crippen molar-refractivity contribution >= 4 is 22.7 Å². The second-order valence-electron chi connectivity index (χ2n) is 10.3. The fourth-order valence-electron chi connectivity index (χ4n) is 5.21. The first-order valence-electron chi connectivity index (χ1n) is 13.8. The highest BCUT2D eigenvalue weighted by Gasteiger charge is 2.18. The van der Waals surface area contributed by atoms with E-state index in [4.69, 9.17) is 0 Å². The molecule has 1 aromatic heterocycles. The molecule has 1 saturated carbocycles. The van der Waals surface area contributed by atoms with Crippen LogP contribution in [0.1, 0.15) is 63.9 Å². The van der Waals surface area contributed by atoms with Gasteiger partial charge in [-0.05, 0) is 63.1 Å². The van der Waals surface area contributed by atoms with Crippen molar-refractivity contribution in [3.63, 3.8) is 0 Å². The predicted molar refractivity (Wildman–Crippen MR) is 149 cm³/mol. The zero-order chi connectivity index (χ0) is 26.9. The maximum atomic E-state index is 13.4. The first-order chi connectivity index (χ1) is 18.4. The fourth-order valence-corrected chi connectivity index (χ4v) is 5.21. The smallest absolute Gasteiger partial charge is 0.331 e. The lowest BCUT2D eigenvalue weighted by molar-refractivity contribution is -0.123. The number of amides is 2. The molecule has 4 rings (SSSR count). The van der Waals surface area contributed by atoms with Crippen molar-refractivity contribution in [3.05, 3.63) is 81.0 Å². The van der Waals surface area contributed by atoms with Crippen molar-refractivity contribution in [2.45, 2.75) is 89.9 Å². The number of hydrogen-bond donors (Lipinski definition) is 2. The van der Waals surface area contributed by atoms with Crippen LogP contribution in [0.4, 0.5) is 0 Å². The van der Waals surface area contributed by atoms with Crippen LogP contribution in [0.15, 0.2) is 64.2 Å². The molecule has 1 aliphatic carbocycles. The number of unbranched alkanes of at least 4 members (excludes halogenated alkanes) is 1. The summed E-state index contributed by atoms with van der Waals surface area (Å²) in [6.45, 7) is 1.99. The molecule has 0 saturated heterocycles. The Morgan fingerprint density at radius 1 is 0.921 bits per heavy atom. The molecule has 0 bridgehead atoms. The predicted octanol–water partition coefficient (Wildman–Crippen LogP) is 3.53. The van der Waals surface area contributed by atoms with Crippen LogP contribution in [-0.2, 0) is 29.1 Å². The van der Waals surface area contributed by atoms with Gasteiger partial charge in [0.25, 0.3) is 5.56 Å². The first kappa shape index (κ1) is 27.4. The van der Waals surface area contributed by atoms with Gasteiger partial charge >= 0.3 is 5.69 Å². The van der Waals surface area contributed by atoms with Gasteiger partial charge < -0.3 is 10.6 Å². The highest BCUT2D eigenvalue weighted by atomic mass is 16.2. The summed E-state index contributed by atoms with van der Waals surface area (Å²) in [5, 5.41) is 6.46. The van der Waals surface area contributed by atoms with Crippen molar-refractivity contribution in [1.29, 1.82) is 0 Å². The van der Waals surface area contributed by atoms with E-state index < -0.39 is 5.69 Å². The zero-order valence-corrected chi connectivity index (χ0v) is 22.2. The van der Waals surface area contributed by atoms with E-state index in [0.717, 1.165) is 38.5 Å². The summed E-state index contributed by atoms with van der Waals surface area (Å²) < 4.78 is 2.58. The van der Waals surface area contributed by atoms with E-state index in [2.05, 4.69) is 22.8 Å². The third kappa shape index (κ3) is 7.21. The average Bonchev–Trinajstić information content (AvgIpc) is 3.43. The normalized spacial score (nSPS) is 14.4. The summed E-state index contributed by atoms with van der Waals surface area (Å²) in [5.74, 6) is -0.246. The number of carbonyl (C=O) groups is 2. The van der Waals surface area contributed by atoms with E-state index >= 15 is 0 Å². The van der Waals surface area contributed by atoms with Crippen LogP contribution >= 0.6 is 0 Å². The van der Waals surface area contributed by atoms with Crippen molar-refractivity contribution in [3.8, 4) is 0 Å². The summed E-state index contributed by atoms with van der Waals surface area (Å²) in [6.07, 6.45) is 7.49. The van der Waals surface area contributed by atoms with Crippen LogP contribution in [0, 0.1) is 0 Å². The molecular weight excluding hydrogens is 480 g/mol. The number of para-hydroxylation sites is 1. The lowest BCUT2D eigenvalue weighted by Gasteiger charge is -2.17. The molecule has 1 heterocycles. The van der Waals surface area contributed by atoms with Gasteiger partial charge in [-0.25, -0.2) is 4.79 Å². The lowest BCUT2D eigenvalue weighted by atomic mass is 10.1. The number of rotatable bonds is 12. The molecule has 0 radical (unpaired) electrons. The molecule has 8 heteroatoms. The topological polar surface area (TPSA) is 102 Å². The van der Waals surface area contributed by atoms with Crippen molar-refractivity contribution in [1.82, 2.24) is 19.8 Å². The molecular formula is C30H38N4O4. The lowest BCUT2D eigenvalue weighted by Crippen LogP contribution is -2.44. The van der Waals surface area contributed by atoms with Gasteiger partial charge in [-0.1, -0.05) is 55.3 Å². The van der Waals surface area contributed by atoms with Crippen LogP contribution < -0.4 is 21.9 Å². The highest BCUT2D eigenvalue weighted by molar-refractivity contribution is 5.81. The Balaban J connectivity index is 1.39. The minimum absolute atomic E-state index is 0.0261. The summed E-state index contributed by atoms with van der Waals surface area (Å²) in [7, 11) is 0. The van der Waals surface area contributed by atoms with Gasteiger partial charge in [0, 0.05) is 25.0 Å². The third-order valence-corrected chi connectivity index (χ3v) is 7.31. The van der Waals surface area contributed by atoms with Crippen molar-refractivity contribution in [2.75, 3.05) is 0 Å². The largest absolute Gasteiger partial charge is 0.353 e. The number of aromatic nitrogens is 2. The van der Waals surface area contributed by atoms with E-state index in [9.17, 15) is 19.2 Å². The van der Waals surface area contributed by atoms with Crippen LogP contribution in [0.5, 0.6) is 0 Å². The molecule has 38 heavy (non-hydrogen) atoms. The van der Waals surface area contributed by atoms with E-state index in [1.807, 2.05) is 25.1 Å². The van der Waals surface area contributed by atoms with Gasteiger partial charge in [-0.15, -0.1) is 0 Å². The van der Waals surface area contributed by atoms with E-state index in [1.165, 1.54) is 14.7 Å².